The number of anilines is 3. The summed E-state index contributed by atoms with van der Waals surface area (Å²) in [5, 5.41) is 5.62. The second-order valence-corrected chi connectivity index (χ2v) is 13.6. The van der Waals surface area contributed by atoms with Crippen molar-refractivity contribution in [3.05, 3.63) is 206 Å². The summed E-state index contributed by atoms with van der Waals surface area (Å²) in [7, 11) is 0. The van der Waals surface area contributed by atoms with Gasteiger partial charge in [0.25, 0.3) is 0 Å². The Labute approximate surface area is 319 Å². The van der Waals surface area contributed by atoms with E-state index in [1.54, 1.807) is 0 Å². The van der Waals surface area contributed by atoms with Crippen LogP contribution in [0.4, 0.5) is 17.1 Å². The molecule has 0 N–H and O–H groups in total. The van der Waals surface area contributed by atoms with Crippen molar-refractivity contribution in [3.8, 4) is 45.2 Å². The third-order valence-corrected chi connectivity index (χ3v) is 10.3. The van der Waals surface area contributed by atoms with Gasteiger partial charge in [-0.3, -0.25) is 0 Å². The average Bonchev–Trinajstić information content (AvgIpc) is 3.27. The van der Waals surface area contributed by atoms with Crippen LogP contribution in [0, 0.1) is 0 Å². The number of fused-ring (bicyclic) bond motifs is 5. The smallest absolute Gasteiger partial charge is 0.161 e. The number of aromatic nitrogens is 3. The monoisotopic (exact) mass is 702 g/mol. The van der Waals surface area contributed by atoms with Crippen molar-refractivity contribution in [3.63, 3.8) is 0 Å². The fourth-order valence-corrected chi connectivity index (χ4v) is 7.67. The molecule has 10 rings (SSSR count). The summed E-state index contributed by atoms with van der Waals surface area (Å²) in [6.07, 6.45) is 0. The summed E-state index contributed by atoms with van der Waals surface area (Å²) in [6, 6.07) is 71.9. The van der Waals surface area contributed by atoms with E-state index in [1.807, 2.05) is 12.1 Å². The minimum absolute atomic E-state index is 0.695. The predicted molar refractivity (Wildman–Crippen MR) is 229 cm³/mol. The normalized spacial score (nSPS) is 11.3. The molecule has 0 aliphatic carbocycles. The second-order valence-electron chi connectivity index (χ2n) is 13.6. The van der Waals surface area contributed by atoms with Crippen molar-refractivity contribution in [1.29, 1.82) is 0 Å². The topological polar surface area (TPSA) is 41.9 Å². The summed E-state index contributed by atoms with van der Waals surface area (Å²) in [4.78, 5) is 18.0. The number of benzene rings is 8. The zero-order chi connectivity index (χ0) is 36.6. The summed E-state index contributed by atoms with van der Waals surface area (Å²) in [5.74, 6) is 0.695. The van der Waals surface area contributed by atoms with Gasteiger partial charge in [-0.15, -0.1) is 0 Å². The third kappa shape index (κ3) is 5.96. The Morgan fingerprint density at radius 1 is 0.327 bits per heavy atom. The first kappa shape index (κ1) is 32.2. The lowest BCUT2D eigenvalue weighted by Crippen LogP contribution is -2.09. The average molecular weight is 703 g/mol. The van der Waals surface area contributed by atoms with Crippen LogP contribution in [0.25, 0.3) is 77.6 Å². The van der Waals surface area contributed by atoms with Gasteiger partial charge in [0.2, 0.25) is 0 Å². The molecule has 0 atom stereocenters. The highest BCUT2D eigenvalue weighted by molar-refractivity contribution is 6.24. The molecule has 0 aliphatic heterocycles. The number of hydrogen-bond donors (Lipinski definition) is 0. The van der Waals surface area contributed by atoms with Gasteiger partial charge in [-0.05, 0) is 59.3 Å². The molecule has 4 heteroatoms. The van der Waals surface area contributed by atoms with Crippen molar-refractivity contribution in [1.82, 2.24) is 15.0 Å². The summed E-state index contributed by atoms with van der Waals surface area (Å²) in [5.41, 5.74) is 11.1. The number of rotatable bonds is 7. The SMILES string of the molecule is c1ccc(-c2cc(-c3ccccc3)nc(-c3cccc4c3ccc3c(-c5ccc(N(c6ccccc6)c6ccccc6)cc5)nc5ccccc5c34)n2)cc1. The number of hydrogen-bond acceptors (Lipinski definition) is 4. The largest absolute Gasteiger partial charge is 0.311 e. The Kier molecular flexibility index (Phi) is 8.12. The standard InChI is InChI=1S/C51H34N4/c1-5-16-35(17-6-1)47-34-48(36-18-7-2-8-19-36)54-51(53-47)43-26-15-25-42-41(43)32-33-45-49(42)44-24-13-14-27-46(44)52-50(45)37-28-30-40(31-29-37)55(38-20-9-3-10-21-38)39-22-11-4-12-23-39/h1-34H. The first-order valence-electron chi connectivity index (χ1n) is 18.5. The van der Waals surface area contributed by atoms with Crippen LogP contribution in [0.1, 0.15) is 0 Å². The van der Waals surface area contributed by atoms with Gasteiger partial charge in [0.1, 0.15) is 0 Å². The molecule has 55 heavy (non-hydrogen) atoms. The van der Waals surface area contributed by atoms with E-state index in [4.69, 9.17) is 15.0 Å². The van der Waals surface area contributed by atoms with E-state index in [2.05, 4.69) is 199 Å². The van der Waals surface area contributed by atoms with Gasteiger partial charge < -0.3 is 4.90 Å². The van der Waals surface area contributed by atoms with E-state index in [0.717, 1.165) is 83.5 Å². The van der Waals surface area contributed by atoms with Crippen LogP contribution in [0.2, 0.25) is 0 Å². The molecular formula is C51H34N4. The summed E-state index contributed by atoms with van der Waals surface area (Å²) < 4.78 is 0. The van der Waals surface area contributed by atoms with Gasteiger partial charge in [0.15, 0.2) is 5.82 Å². The van der Waals surface area contributed by atoms with Crippen LogP contribution < -0.4 is 4.90 Å². The quantitative estimate of drug-likeness (QED) is 0.155. The maximum atomic E-state index is 5.30. The molecule has 2 aromatic heterocycles. The molecule has 0 radical (unpaired) electrons. The molecule has 2 heterocycles. The fraction of sp³-hybridized carbons (Fsp3) is 0. The van der Waals surface area contributed by atoms with Crippen LogP contribution in [0.5, 0.6) is 0 Å². The number of pyridine rings is 1. The van der Waals surface area contributed by atoms with Crippen LogP contribution in [0.15, 0.2) is 206 Å². The molecule has 0 unspecified atom stereocenters. The van der Waals surface area contributed by atoms with Crippen molar-refractivity contribution >= 4 is 49.5 Å². The first-order chi connectivity index (χ1) is 27.3. The molecule has 8 aromatic carbocycles. The summed E-state index contributed by atoms with van der Waals surface area (Å²) >= 11 is 0. The van der Waals surface area contributed by atoms with Crippen LogP contribution >= 0.6 is 0 Å². The zero-order valence-corrected chi connectivity index (χ0v) is 29.9. The number of para-hydroxylation sites is 3. The molecule has 0 bridgehead atoms. The van der Waals surface area contributed by atoms with E-state index in [0.29, 0.717) is 5.82 Å². The Bertz CT molecular complexity index is 2850. The van der Waals surface area contributed by atoms with Crippen LogP contribution in [-0.4, -0.2) is 15.0 Å². The molecule has 0 spiro atoms. The summed E-state index contributed by atoms with van der Waals surface area (Å²) in [6.45, 7) is 0. The lowest BCUT2D eigenvalue weighted by Gasteiger charge is -2.25. The van der Waals surface area contributed by atoms with E-state index in [1.165, 1.54) is 5.39 Å². The Morgan fingerprint density at radius 3 is 1.45 bits per heavy atom. The van der Waals surface area contributed by atoms with Gasteiger partial charge in [0.05, 0.1) is 22.6 Å². The first-order valence-corrected chi connectivity index (χ1v) is 18.5. The van der Waals surface area contributed by atoms with E-state index in [9.17, 15) is 0 Å². The lowest BCUT2D eigenvalue weighted by molar-refractivity contribution is 1.19. The van der Waals surface area contributed by atoms with Gasteiger partial charge in [-0.1, -0.05) is 158 Å². The minimum atomic E-state index is 0.695. The Balaban J connectivity index is 1.15. The minimum Gasteiger partial charge on any atom is -0.311 e. The van der Waals surface area contributed by atoms with Gasteiger partial charge in [0, 0.05) is 55.5 Å². The highest BCUT2D eigenvalue weighted by Crippen LogP contribution is 2.41. The van der Waals surface area contributed by atoms with Gasteiger partial charge in [-0.25, -0.2) is 15.0 Å². The molecule has 258 valence electrons. The predicted octanol–water partition coefficient (Wildman–Crippen LogP) is 13.5. The Morgan fingerprint density at radius 2 is 0.836 bits per heavy atom. The molecule has 4 nitrogen and oxygen atoms in total. The molecule has 0 aliphatic rings. The van der Waals surface area contributed by atoms with Gasteiger partial charge >= 0.3 is 0 Å². The fourth-order valence-electron chi connectivity index (χ4n) is 7.67. The highest BCUT2D eigenvalue weighted by atomic mass is 15.1. The molecule has 0 fully saturated rings. The lowest BCUT2D eigenvalue weighted by atomic mass is 9.93. The van der Waals surface area contributed by atoms with E-state index in [-0.39, 0.29) is 0 Å². The van der Waals surface area contributed by atoms with Crippen molar-refractivity contribution < 1.29 is 0 Å². The van der Waals surface area contributed by atoms with E-state index >= 15 is 0 Å². The zero-order valence-electron chi connectivity index (χ0n) is 29.9. The Hall–Kier alpha value is -7.43. The molecule has 0 amide bonds. The van der Waals surface area contributed by atoms with Crippen molar-refractivity contribution in [2.24, 2.45) is 0 Å². The molecule has 10 aromatic rings. The molecule has 0 saturated heterocycles. The van der Waals surface area contributed by atoms with Crippen molar-refractivity contribution in [2.75, 3.05) is 4.90 Å². The van der Waals surface area contributed by atoms with Crippen molar-refractivity contribution in [2.45, 2.75) is 0 Å². The third-order valence-electron chi connectivity index (χ3n) is 10.3. The molecular weight excluding hydrogens is 669 g/mol. The van der Waals surface area contributed by atoms with Crippen LogP contribution in [-0.2, 0) is 0 Å². The molecule has 0 saturated carbocycles. The maximum absolute atomic E-state index is 5.30. The second kappa shape index (κ2) is 13.8. The van der Waals surface area contributed by atoms with E-state index < -0.39 is 0 Å². The van der Waals surface area contributed by atoms with Crippen LogP contribution in [0.3, 0.4) is 0 Å². The van der Waals surface area contributed by atoms with Gasteiger partial charge in [-0.2, -0.15) is 0 Å². The maximum Gasteiger partial charge on any atom is 0.161 e. The number of nitrogens with zero attached hydrogens (tertiary/aromatic N) is 4. The highest BCUT2D eigenvalue weighted by Gasteiger charge is 2.18.